The average molecular weight is 688 g/mol. The van der Waals surface area contributed by atoms with E-state index in [2.05, 4.69) is 57.2 Å². The van der Waals surface area contributed by atoms with Crippen LogP contribution in [0.1, 0.15) is 54.1 Å². The summed E-state index contributed by atoms with van der Waals surface area (Å²) in [5, 5.41) is 3.76. The van der Waals surface area contributed by atoms with Gasteiger partial charge in [0, 0.05) is 57.0 Å². The van der Waals surface area contributed by atoms with E-state index in [0.717, 1.165) is 68.8 Å². The van der Waals surface area contributed by atoms with Crippen molar-refractivity contribution in [3.05, 3.63) is 89.5 Å². The predicted molar refractivity (Wildman–Crippen MR) is 194 cm³/mol. The first-order chi connectivity index (χ1) is 23.7. The quantitative estimate of drug-likeness (QED) is 0.176. The van der Waals surface area contributed by atoms with Crippen LogP contribution in [-0.4, -0.2) is 99.0 Å². The Balaban J connectivity index is 1.11. The van der Waals surface area contributed by atoms with Crippen LogP contribution < -0.4 is 10.1 Å². The minimum absolute atomic E-state index is 0.120. The number of para-hydroxylation sites is 2. The van der Waals surface area contributed by atoms with Crippen LogP contribution in [0.4, 0.5) is 5.95 Å². The second-order valence-corrected chi connectivity index (χ2v) is 15.7. The number of methoxy groups -OCH3 is 1. The van der Waals surface area contributed by atoms with Crippen LogP contribution in [0.2, 0.25) is 0 Å². The molecule has 6 rings (SSSR count). The lowest BCUT2D eigenvalue weighted by Gasteiger charge is -2.36. The molecule has 49 heavy (non-hydrogen) atoms. The van der Waals surface area contributed by atoms with E-state index in [4.69, 9.17) is 14.5 Å². The maximum Gasteiger partial charge on any atom is 0.257 e. The number of nitrogens with zero attached hydrogens (tertiary/aromatic N) is 4. The van der Waals surface area contributed by atoms with Gasteiger partial charge in [-0.15, -0.1) is 0 Å². The molecule has 0 aliphatic carbocycles. The van der Waals surface area contributed by atoms with Gasteiger partial charge in [-0.25, -0.2) is 13.4 Å². The molecule has 1 N–H and O–H groups in total. The third kappa shape index (κ3) is 8.28. The number of piperidine rings is 1. The number of hydrogen-bond donors (Lipinski definition) is 1. The van der Waals surface area contributed by atoms with E-state index in [-0.39, 0.29) is 17.1 Å². The highest BCUT2D eigenvalue weighted by atomic mass is 32.2. The molecule has 4 aromatic rings. The summed E-state index contributed by atoms with van der Waals surface area (Å²) in [6.45, 7) is 8.30. The molecule has 0 radical (unpaired) electrons. The minimum atomic E-state index is -3.25. The molecule has 2 saturated heterocycles. The van der Waals surface area contributed by atoms with Gasteiger partial charge in [-0.2, -0.15) is 0 Å². The number of sulfone groups is 1. The number of nitrogens with one attached hydrogen (secondary N) is 1. The third-order valence-corrected chi connectivity index (χ3v) is 11.0. The molecule has 0 saturated carbocycles. The van der Waals surface area contributed by atoms with Crippen LogP contribution in [0.15, 0.2) is 72.8 Å². The Morgan fingerprint density at radius 1 is 1.00 bits per heavy atom. The lowest BCUT2D eigenvalue weighted by molar-refractivity contribution is 0.0776. The summed E-state index contributed by atoms with van der Waals surface area (Å²) in [6, 6.07) is 24.3. The number of rotatable bonds is 14. The van der Waals surface area contributed by atoms with E-state index in [1.165, 1.54) is 18.9 Å². The van der Waals surface area contributed by atoms with Crippen molar-refractivity contribution in [2.24, 2.45) is 0 Å². The molecule has 1 atom stereocenters. The van der Waals surface area contributed by atoms with Crippen molar-refractivity contribution in [1.29, 1.82) is 0 Å². The number of carbonyl (C=O) groups excluding carboxylic acids is 1. The number of imidazole rings is 1. The molecule has 1 aromatic heterocycles. The Morgan fingerprint density at radius 3 is 2.49 bits per heavy atom. The summed E-state index contributed by atoms with van der Waals surface area (Å²) in [6.07, 6.45) is 5.07. The summed E-state index contributed by atoms with van der Waals surface area (Å²) in [7, 11) is -1.71. The molecule has 0 spiro atoms. The van der Waals surface area contributed by atoms with Gasteiger partial charge in [-0.1, -0.05) is 48.5 Å². The highest BCUT2D eigenvalue weighted by molar-refractivity contribution is 7.89. The van der Waals surface area contributed by atoms with Gasteiger partial charge in [0.15, 0.2) is 9.84 Å². The second kappa shape index (κ2) is 15.3. The van der Waals surface area contributed by atoms with Crippen LogP contribution in [0, 0.1) is 0 Å². The Bertz CT molecular complexity index is 1840. The predicted octanol–water partition coefficient (Wildman–Crippen LogP) is 5.38. The SMILES string of the molecule is CCOCCn1c(NC2CCN(CCC3(c4ccccc4)CCN(C(=O)c4cc(CS(C)(=O)=O)ccc4OC)C3)CC2)nc2ccccc21. The van der Waals surface area contributed by atoms with Crippen molar-refractivity contribution in [2.45, 2.75) is 56.4 Å². The van der Waals surface area contributed by atoms with Gasteiger partial charge in [-0.05, 0) is 74.5 Å². The Hall–Kier alpha value is -3.93. The maximum atomic E-state index is 14.0. The molecule has 3 aromatic carbocycles. The smallest absolute Gasteiger partial charge is 0.257 e. The number of likely N-dealkylation sites (tertiary alicyclic amines) is 2. The molecular weight excluding hydrogens is 639 g/mol. The fourth-order valence-corrected chi connectivity index (χ4v) is 8.26. The van der Waals surface area contributed by atoms with E-state index < -0.39 is 9.84 Å². The Labute approximate surface area is 290 Å². The first kappa shape index (κ1) is 34.9. The van der Waals surface area contributed by atoms with Gasteiger partial charge in [0.05, 0.1) is 36.1 Å². The van der Waals surface area contributed by atoms with Crippen molar-refractivity contribution >= 4 is 32.7 Å². The van der Waals surface area contributed by atoms with Crippen molar-refractivity contribution in [3.8, 4) is 5.75 Å². The molecular formula is C38H49N5O5S. The van der Waals surface area contributed by atoms with E-state index in [9.17, 15) is 13.2 Å². The first-order valence-corrected chi connectivity index (χ1v) is 19.5. The van der Waals surface area contributed by atoms with Crippen molar-refractivity contribution < 1.29 is 22.7 Å². The van der Waals surface area contributed by atoms with Crippen LogP contribution in [0.25, 0.3) is 11.0 Å². The lowest BCUT2D eigenvalue weighted by atomic mass is 9.76. The number of ether oxygens (including phenoxy) is 2. The minimum Gasteiger partial charge on any atom is -0.496 e. The van der Waals surface area contributed by atoms with Crippen molar-refractivity contribution in [3.63, 3.8) is 0 Å². The number of aromatic nitrogens is 2. The Morgan fingerprint density at radius 2 is 1.76 bits per heavy atom. The molecule has 2 aliphatic heterocycles. The normalized spacial score (nSPS) is 19.0. The molecule has 10 nitrogen and oxygen atoms in total. The van der Waals surface area contributed by atoms with Crippen molar-refractivity contribution in [1.82, 2.24) is 19.4 Å². The molecule has 262 valence electrons. The topological polar surface area (TPSA) is 106 Å². The first-order valence-electron chi connectivity index (χ1n) is 17.4. The monoisotopic (exact) mass is 687 g/mol. The molecule has 1 unspecified atom stereocenters. The van der Waals surface area contributed by atoms with Crippen LogP contribution in [0.3, 0.4) is 0 Å². The van der Waals surface area contributed by atoms with Gasteiger partial charge in [-0.3, -0.25) is 4.79 Å². The number of amides is 1. The van der Waals surface area contributed by atoms with Crippen LogP contribution in [0.5, 0.6) is 5.75 Å². The molecule has 1 amide bonds. The number of anilines is 1. The van der Waals surface area contributed by atoms with Crippen LogP contribution >= 0.6 is 0 Å². The van der Waals surface area contributed by atoms with E-state index in [1.807, 2.05) is 24.0 Å². The van der Waals surface area contributed by atoms with Crippen LogP contribution in [-0.2, 0) is 32.3 Å². The number of carbonyl (C=O) groups is 1. The molecule has 3 heterocycles. The summed E-state index contributed by atoms with van der Waals surface area (Å²) in [5.41, 5.74) is 4.20. The largest absolute Gasteiger partial charge is 0.496 e. The molecule has 2 fully saturated rings. The van der Waals surface area contributed by atoms with Gasteiger partial charge >= 0.3 is 0 Å². The zero-order valence-electron chi connectivity index (χ0n) is 28.9. The van der Waals surface area contributed by atoms with Gasteiger partial charge in [0.25, 0.3) is 5.91 Å². The third-order valence-electron chi connectivity index (χ3n) is 10.1. The molecule has 11 heteroatoms. The van der Waals surface area contributed by atoms with E-state index in [1.54, 1.807) is 18.2 Å². The van der Waals surface area contributed by atoms with E-state index in [0.29, 0.717) is 49.2 Å². The summed E-state index contributed by atoms with van der Waals surface area (Å²) < 4.78 is 37.4. The number of hydrogen-bond acceptors (Lipinski definition) is 8. The average Bonchev–Trinajstić information content (AvgIpc) is 3.70. The Kier molecular flexibility index (Phi) is 10.9. The number of fused-ring (bicyclic) bond motifs is 1. The zero-order valence-corrected chi connectivity index (χ0v) is 29.8. The lowest BCUT2D eigenvalue weighted by Crippen LogP contribution is -2.42. The maximum absolute atomic E-state index is 14.0. The summed E-state index contributed by atoms with van der Waals surface area (Å²) in [4.78, 5) is 23.4. The van der Waals surface area contributed by atoms with Gasteiger partial charge < -0.3 is 29.2 Å². The second-order valence-electron chi connectivity index (χ2n) is 13.5. The highest BCUT2D eigenvalue weighted by Crippen LogP contribution is 2.39. The highest BCUT2D eigenvalue weighted by Gasteiger charge is 2.42. The zero-order chi connectivity index (χ0) is 34.4. The number of benzene rings is 3. The fraction of sp³-hybridized carbons (Fsp3) is 0.474. The summed E-state index contributed by atoms with van der Waals surface area (Å²) >= 11 is 0. The van der Waals surface area contributed by atoms with Gasteiger partial charge in [0.1, 0.15) is 5.75 Å². The standard InChI is InChI=1S/C38H49N5O5S/c1-4-48-25-24-43-34-13-9-8-12-33(34)40-37(43)39-31-16-20-41(21-17-31)22-18-38(30-10-6-5-7-11-30)19-23-42(28-38)36(44)32-26-29(27-49(3,45)46)14-15-35(32)47-2/h5-15,26,31H,4,16-25,27-28H2,1-3H3,(H,39,40). The summed E-state index contributed by atoms with van der Waals surface area (Å²) in [5.74, 6) is 1.13. The van der Waals surface area contributed by atoms with E-state index >= 15 is 0 Å². The fourth-order valence-electron chi connectivity index (χ4n) is 7.47. The van der Waals surface area contributed by atoms with Gasteiger partial charge in [0.2, 0.25) is 5.95 Å². The molecule has 2 aliphatic rings. The van der Waals surface area contributed by atoms with Crippen molar-refractivity contribution in [2.75, 3.05) is 64.6 Å². The molecule has 0 bridgehead atoms.